The zero-order valence-corrected chi connectivity index (χ0v) is 18.0. The molecule has 0 spiro atoms. The smallest absolute Gasteiger partial charge is 0.330 e. The van der Waals surface area contributed by atoms with E-state index in [9.17, 15) is 4.79 Å². The third kappa shape index (κ3) is 5.18. The van der Waals surface area contributed by atoms with E-state index in [1.54, 1.807) is 0 Å². The SMILES string of the molecule is C=CC(=O)OCCc1ccc(N(c2cccc(CC)c2)c2ccc(C)c(C)c2)cc1. The summed E-state index contributed by atoms with van der Waals surface area (Å²) < 4.78 is 5.09. The zero-order valence-electron chi connectivity index (χ0n) is 18.0. The highest BCUT2D eigenvalue weighted by Crippen LogP contribution is 2.35. The molecule has 0 aliphatic carbocycles. The quantitative estimate of drug-likeness (QED) is 0.315. The van der Waals surface area contributed by atoms with E-state index >= 15 is 0 Å². The first kappa shape index (κ1) is 21.4. The molecule has 0 amide bonds. The third-order valence-electron chi connectivity index (χ3n) is 5.32. The fourth-order valence-electron chi connectivity index (χ4n) is 3.37. The van der Waals surface area contributed by atoms with Crippen LogP contribution in [0.5, 0.6) is 0 Å². The van der Waals surface area contributed by atoms with Crippen molar-refractivity contribution < 1.29 is 9.53 Å². The number of aryl methyl sites for hydroxylation is 3. The maximum atomic E-state index is 11.2. The average Bonchev–Trinajstić information content (AvgIpc) is 2.77. The van der Waals surface area contributed by atoms with E-state index in [-0.39, 0.29) is 5.97 Å². The summed E-state index contributed by atoms with van der Waals surface area (Å²) in [4.78, 5) is 13.5. The molecule has 0 aliphatic rings. The van der Waals surface area contributed by atoms with Crippen molar-refractivity contribution >= 4 is 23.0 Å². The monoisotopic (exact) mass is 399 g/mol. The Morgan fingerprint density at radius 1 is 0.900 bits per heavy atom. The summed E-state index contributed by atoms with van der Waals surface area (Å²) in [5.41, 5.74) is 8.36. The predicted octanol–water partition coefficient (Wildman–Crippen LogP) is 6.61. The van der Waals surface area contributed by atoms with Gasteiger partial charge < -0.3 is 9.64 Å². The van der Waals surface area contributed by atoms with Gasteiger partial charge in [-0.2, -0.15) is 0 Å². The lowest BCUT2D eigenvalue weighted by Gasteiger charge is -2.27. The van der Waals surface area contributed by atoms with Crippen LogP contribution in [0.4, 0.5) is 17.1 Å². The fraction of sp³-hybridized carbons (Fsp3) is 0.222. The molecule has 0 N–H and O–H groups in total. The van der Waals surface area contributed by atoms with Gasteiger partial charge in [0.2, 0.25) is 0 Å². The van der Waals surface area contributed by atoms with Gasteiger partial charge in [0.15, 0.2) is 0 Å². The van der Waals surface area contributed by atoms with Gasteiger partial charge in [-0.15, -0.1) is 0 Å². The van der Waals surface area contributed by atoms with E-state index in [2.05, 4.69) is 99.0 Å². The maximum absolute atomic E-state index is 11.2. The van der Waals surface area contributed by atoms with E-state index in [1.165, 1.54) is 22.8 Å². The van der Waals surface area contributed by atoms with Crippen molar-refractivity contribution in [1.29, 1.82) is 0 Å². The van der Waals surface area contributed by atoms with Gasteiger partial charge in [-0.3, -0.25) is 0 Å². The van der Waals surface area contributed by atoms with Crippen molar-refractivity contribution in [2.45, 2.75) is 33.6 Å². The Bertz CT molecular complexity index is 1020. The number of ether oxygens (including phenoxy) is 1. The van der Waals surface area contributed by atoms with Crippen LogP contribution in [0, 0.1) is 13.8 Å². The summed E-state index contributed by atoms with van der Waals surface area (Å²) in [5.74, 6) is -0.386. The first-order valence-corrected chi connectivity index (χ1v) is 10.4. The van der Waals surface area contributed by atoms with Gasteiger partial charge in [0.25, 0.3) is 0 Å². The molecule has 0 saturated carbocycles. The highest BCUT2D eigenvalue weighted by molar-refractivity contribution is 5.81. The molecule has 0 bridgehead atoms. The molecule has 0 unspecified atom stereocenters. The predicted molar refractivity (Wildman–Crippen MR) is 125 cm³/mol. The minimum atomic E-state index is -0.386. The van der Waals surface area contributed by atoms with E-state index in [1.807, 2.05) is 0 Å². The second kappa shape index (κ2) is 9.93. The summed E-state index contributed by atoms with van der Waals surface area (Å²) in [6, 6.07) is 23.7. The number of hydrogen-bond acceptors (Lipinski definition) is 3. The number of nitrogens with zero attached hydrogens (tertiary/aromatic N) is 1. The fourth-order valence-corrected chi connectivity index (χ4v) is 3.37. The lowest BCUT2D eigenvalue weighted by atomic mass is 10.1. The van der Waals surface area contributed by atoms with Crippen molar-refractivity contribution in [2.75, 3.05) is 11.5 Å². The molecule has 0 fully saturated rings. The van der Waals surface area contributed by atoms with Crippen molar-refractivity contribution in [3.8, 4) is 0 Å². The number of anilines is 3. The van der Waals surface area contributed by atoms with Crippen molar-refractivity contribution in [3.63, 3.8) is 0 Å². The van der Waals surface area contributed by atoms with Gasteiger partial charge in [0, 0.05) is 29.6 Å². The molecule has 3 nitrogen and oxygen atoms in total. The molecule has 0 aliphatic heterocycles. The summed E-state index contributed by atoms with van der Waals surface area (Å²) in [6.07, 6.45) is 2.86. The van der Waals surface area contributed by atoms with Gasteiger partial charge in [0.05, 0.1) is 6.61 Å². The van der Waals surface area contributed by atoms with Gasteiger partial charge in [-0.1, -0.05) is 43.8 Å². The minimum Gasteiger partial charge on any atom is -0.462 e. The van der Waals surface area contributed by atoms with Crippen molar-refractivity contribution in [1.82, 2.24) is 0 Å². The van der Waals surface area contributed by atoms with Gasteiger partial charge in [0.1, 0.15) is 0 Å². The Hall–Kier alpha value is -3.33. The molecule has 3 aromatic rings. The summed E-state index contributed by atoms with van der Waals surface area (Å²) in [7, 11) is 0. The standard InChI is InChI=1S/C27H29NO2/c1-5-22-8-7-9-25(19-22)28(26-13-10-20(3)21(4)18-26)24-14-11-23(12-15-24)16-17-30-27(29)6-2/h6-15,18-19H,2,5,16-17H2,1,3-4H3. The van der Waals surface area contributed by atoms with Crippen LogP contribution in [0.25, 0.3) is 0 Å². The molecule has 0 aromatic heterocycles. The second-order valence-electron chi connectivity index (χ2n) is 7.42. The van der Waals surface area contributed by atoms with Crippen LogP contribution < -0.4 is 4.90 Å². The maximum Gasteiger partial charge on any atom is 0.330 e. The van der Waals surface area contributed by atoms with E-state index in [0.29, 0.717) is 13.0 Å². The lowest BCUT2D eigenvalue weighted by molar-refractivity contribution is -0.137. The Morgan fingerprint density at radius 2 is 1.60 bits per heavy atom. The van der Waals surface area contributed by atoms with Crippen molar-refractivity contribution in [3.05, 3.63) is 102 Å². The summed E-state index contributed by atoms with van der Waals surface area (Å²) in [6.45, 7) is 10.2. The molecule has 3 heteroatoms. The molecule has 0 saturated heterocycles. The van der Waals surface area contributed by atoms with Crippen LogP contribution in [0.1, 0.15) is 29.2 Å². The highest BCUT2D eigenvalue weighted by Gasteiger charge is 2.13. The van der Waals surface area contributed by atoms with Crippen LogP contribution in [0.15, 0.2) is 79.4 Å². The van der Waals surface area contributed by atoms with E-state index in [4.69, 9.17) is 4.74 Å². The number of benzene rings is 3. The van der Waals surface area contributed by atoms with Crippen LogP contribution >= 0.6 is 0 Å². The molecule has 30 heavy (non-hydrogen) atoms. The Kier molecular flexibility index (Phi) is 7.08. The zero-order chi connectivity index (χ0) is 21.5. The molecule has 3 rings (SSSR count). The van der Waals surface area contributed by atoms with Crippen molar-refractivity contribution in [2.24, 2.45) is 0 Å². The Balaban J connectivity index is 1.92. The number of rotatable bonds is 8. The third-order valence-corrected chi connectivity index (χ3v) is 5.32. The molecular weight excluding hydrogens is 370 g/mol. The first-order valence-electron chi connectivity index (χ1n) is 10.4. The molecule has 0 atom stereocenters. The molecule has 0 radical (unpaired) electrons. The van der Waals surface area contributed by atoms with Crippen LogP contribution in [-0.2, 0) is 22.4 Å². The largest absolute Gasteiger partial charge is 0.462 e. The number of carbonyl (C=O) groups excluding carboxylic acids is 1. The second-order valence-corrected chi connectivity index (χ2v) is 7.42. The van der Waals surface area contributed by atoms with Gasteiger partial charge in [-0.05, 0) is 78.9 Å². The number of hydrogen-bond donors (Lipinski definition) is 0. The summed E-state index contributed by atoms with van der Waals surface area (Å²) in [5, 5.41) is 0. The van der Waals surface area contributed by atoms with Crippen LogP contribution in [-0.4, -0.2) is 12.6 Å². The molecule has 154 valence electrons. The van der Waals surface area contributed by atoms with Crippen LogP contribution in [0.2, 0.25) is 0 Å². The van der Waals surface area contributed by atoms with Gasteiger partial charge >= 0.3 is 5.97 Å². The highest BCUT2D eigenvalue weighted by atomic mass is 16.5. The molecular formula is C27H29NO2. The Morgan fingerprint density at radius 3 is 2.27 bits per heavy atom. The minimum absolute atomic E-state index is 0.351. The van der Waals surface area contributed by atoms with E-state index < -0.39 is 0 Å². The normalized spacial score (nSPS) is 10.5. The first-order chi connectivity index (χ1) is 14.5. The molecule has 0 heterocycles. The summed E-state index contributed by atoms with van der Waals surface area (Å²) >= 11 is 0. The number of esters is 1. The van der Waals surface area contributed by atoms with E-state index in [0.717, 1.165) is 29.0 Å². The average molecular weight is 400 g/mol. The van der Waals surface area contributed by atoms with Crippen LogP contribution in [0.3, 0.4) is 0 Å². The van der Waals surface area contributed by atoms with Gasteiger partial charge in [-0.25, -0.2) is 4.79 Å². The Labute approximate surface area is 179 Å². The lowest BCUT2D eigenvalue weighted by Crippen LogP contribution is -2.11. The topological polar surface area (TPSA) is 29.5 Å². The molecule has 3 aromatic carbocycles. The number of carbonyl (C=O) groups is 1.